The van der Waals surface area contributed by atoms with E-state index >= 15 is 0 Å². The summed E-state index contributed by atoms with van der Waals surface area (Å²) in [5.74, 6) is 1.50. The van der Waals surface area contributed by atoms with Gasteiger partial charge in [0.15, 0.2) is 0 Å². The first-order valence-corrected chi connectivity index (χ1v) is 11.0. The Labute approximate surface area is 184 Å². The molecule has 0 aliphatic carbocycles. The number of benzene rings is 2. The first-order valence-electron chi connectivity index (χ1n) is 11.0. The molecule has 2 radical (unpaired) electrons. The number of nitrogens with zero attached hydrogens (tertiary/aromatic N) is 1. The third-order valence-electron chi connectivity index (χ3n) is 5.10. The van der Waals surface area contributed by atoms with Crippen molar-refractivity contribution in [2.45, 2.75) is 64.6 Å². The standard InChI is InChI=1S/C18H19B.C9H16N2/c19-15-9-3-8-14-18(16-10-4-1-5-11-16)17-12-6-2-7-13-17;1-6(2)8-9(7(3)4)11-5-10-8/h1-8,10-13,18H,9,14-15H2;5-7H,1-4H3,(H,10,11). The summed E-state index contributed by atoms with van der Waals surface area (Å²) in [6.45, 7) is 8.70. The Morgan fingerprint density at radius 2 is 1.40 bits per heavy atom. The molecule has 0 saturated carbocycles. The fourth-order valence-corrected chi connectivity index (χ4v) is 3.52. The van der Waals surface area contributed by atoms with Crippen LogP contribution in [0, 0.1) is 0 Å². The van der Waals surface area contributed by atoms with Crippen molar-refractivity contribution in [2.75, 3.05) is 0 Å². The van der Waals surface area contributed by atoms with Gasteiger partial charge in [-0.05, 0) is 35.8 Å². The lowest BCUT2D eigenvalue weighted by Gasteiger charge is -2.16. The van der Waals surface area contributed by atoms with E-state index in [9.17, 15) is 0 Å². The summed E-state index contributed by atoms with van der Waals surface area (Å²) in [5.41, 5.74) is 5.22. The van der Waals surface area contributed by atoms with Crippen LogP contribution in [0.5, 0.6) is 0 Å². The van der Waals surface area contributed by atoms with Crippen LogP contribution in [0.25, 0.3) is 0 Å². The van der Waals surface area contributed by atoms with Crippen LogP contribution in [0.15, 0.2) is 79.1 Å². The molecule has 30 heavy (non-hydrogen) atoms. The maximum atomic E-state index is 5.52. The van der Waals surface area contributed by atoms with E-state index in [1.165, 1.54) is 22.5 Å². The van der Waals surface area contributed by atoms with Gasteiger partial charge in [-0.3, -0.25) is 0 Å². The highest BCUT2D eigenvalue weighted by Gasteiger charge is 2.12. The van der Waals surface area contributed by atoms with Crippen molar-refractivity contribution in [1.82, 2.24) is 9.97 Å². The third-order valence-corrected chi connectivity index (χ3v) is 5.10. The van der Waals surface area contributed by atoms with E-state index < -0.39 is 0 Å². The molecule has 1 heterocycles. The number of hydrogen-bond acceptors (Lipinski definition) is 1. The predicted octanol–water partition coefficient (Wildman–Crippen LogP) is 7.40. The Morgan fingerprint density at radius 1 is 0.833 bits per heavy atom. The number of nitrogens with one attached hydrogen (secondary N) is 1. The second-order valence-corrected chi connectivity index (χ2v) is 8.17. The minimum atomic E-state index is 0.427. The zero-order chi connectivity index (χ0) is 21.8. The molecule has 3 aromatic rings. The van der Waals surface area contributed by atoms with Crippen molar-refractivity contribution in [3.8, 4) is 0 Å². The summed E-state index contributed by atoms with van der Waals surface area (Å²) in [6, 6.07) is 21.4. The van der Waals surface area contributed by atoms with Gasteiger partial charge in [0.25, 0.3) is 0 Å². The van der Waals surface area contributed by atoms with Crippen LogP contribution >= 0.6 is 0 Å². The molecule has 3 heteroatoms. The fraction of sp³-hybridized carbons (Fsp3) is 0.370. The van der Waals surface area contributed by atoms with Crippen LogP contribution in [0.1, 0.15) is 80.8 Å². The third kappa shape index (κ3) is 7.37. The smallest absolute Gasteiger partial charge is 0.0925 e. The second kappa shape index (κ2) is 12.9. The number of aromatic nitrogens is 2. The summed E-state index contributed by atoms with van der Waals surface area (Å²) in [6.07, 6.45) is 8.91. The number of allylic oxidation sites excluding steroid dienone is 2. The molecule has 156 valence electrons. The molecule has 1 aromatic heterocycles. The molecule has 0 atom stereocenters. The maximum absolute atomic E-state index is 5.52. The highest BCUT2D eigenvalue weighted by atomic mass is 14.9. The first kappa shape index (κ1) is 23.7. The van der Waals surface area contributed by atoms with Gasteiger partial charge in [-0.15, -0.1) is 0 Å². The molecule has 0 spiro atoms. The number of imidazole rings is 1. The van der Waals surface area contributed by atoms with Crippen LogP contribution in [0.2, 0.25) is 6.32 Å². The van der Waals surface area contributed by atoms with E-state index in [1.54, 1.807) is 6.33 Å². The highest BCUT2D eigenvalue weighted by molar-refractivity contribution is 6.08. The van der Waals surface area contributed by atoms with E-state index in [0.717, 1.165) is 19.2 Å². The molecule has 0 amide bonds. The van der Waals surface area contributed by atoms with Crippen molar-refractivity contribution in [3.63, 3.8) is 0 Å². The SMILES string of the molecule is CC(C)c1nc[nH]c1C(C)C.[B]CCC=CCC(c1ccccc1)c1ccccc1. The number of H-pyrrole nitrogens is 1. The Morgan fingerprint density at radius 3 is 1.83 bits per heavy atom. The van der Waals surface area contributed by atoms with E-state index in [1.807, 2.05) is 0 Å². The molecule has 2 aromatic carbocycles. The molecule has 0 aliphatic rings. The lowest BCUT2D eigenvalue weighted by Crippen LogP contribution is -1.99. The second-order valence-electron chi connectivity index (χ2n) is 8.17. The fourth-order valence-electron chi connectivity index (χ4n) is 3.52. The Hall–Kier alpha value is -2.55. The molecule has 2 nitrogen and oxygen atoms in total. The minimum absolute atomic E-state index is 0.427. The molecular weight excluding hydrogens is 363 g/mol. The normalized spacial score (nSPS) is 11.3. The molecule has 0 bridgehead atoms. The summed E-state index contributed by atoms with van der Waals surface area (Å²) in [7, 11) is 5.52. The molecule has 0 unspecified atom stereocenters. The lowest BCUT2D eigenvalue weighted by molar-refractivity contribution is 0.759. The van der Waals surface area contributed by atoms with Gasteiger partial charge in [-0.2, -0.15) is 0 Å². The van der Waals surface area contributed by atoms with Crippen LogP contribution in [0.3, 0.4) is 0 Å². The van der Waals surface area contributed by atoms with E-state index in [4.69, 9.17) is 7.85 Å². The minimum Gasteiger partial charge on any atom is -0.348 e. The van der Waals surface area contributed by atoms with Gasteiger partial charge in [0.2, 0.25) is 0 Å². The molecule has 0 aliphatic heterocycles. The van der Waals surface area contributed by atoms with Gasteiger partial charge in [0, 0.05) is 11.6 Å². The van der Waals surface area contributed by atoms with Crippen LogP contribution < -0.4 is 0 Å². The number of hydrogen-bond donors (Lipinski definition) is 1. The van der Waals surface area contributed by atoms with Gasteiger partial charge in [0.05, 0.1) is 19.9 Å². The van der Waals surface area contributed by atoms with E-state index in [-0.39, 0.29) is 0 Å². The van der Waals surface area contributed by atoms with Crippen LogP contribution in [-0.2, 0) is 0 Å². The van der Waals surface area contributed by atoms with Crippen molar-refractivity contribution in [3.05, 3.63) is 102 Å². The maximum Gasteiger partial charge on any atom is 0.0925 e. The monoisotopic (exact) mass is 398 g/mol. The zero-order valence-electron chi connectivity index (χ0n) is 18.9. The van der Waals surface area contributed by atoms with Gasteiger partial charge < -0.3 is 4.98 Å². The summed E-state index contributed by atoms with van der Waals surface area (Å²) >= 11 is 0. The van der Waals surface area contributed by atoms with Crippen molar-refractivity contribution in [2.24, 2.45) is 0 Å². The summed E-state index contributed by atoms with van der Waals surface area (Å²) in [5, 5.41) is 0. The molecule has 0 fully saturated rings. The van der Waals surface area contributed by atoms with Gasteiger partial charge in [0.1, 0.15) is 0 Å². The molecule has 0 saturated heterocycles. The zero-order valence-corrected chi connectivity index (χ0v) is 18.9. The lowest BCUT2D eigenvalue weighted by atomic mass is 9.88. The number of aromatic amines is 1. The van der Waals surface area contributed by atoms with Gasteiger partial charge in [-0.1, -0.05) is 107 Å². The summed E-state index contributed by atoms with van der Waals surface area (Å²) in [4.78, 5) is 7.46. The highest BCUT2D eigenvalue weighted by Crippen LogP contribution is 2.28. The number of rotatable bonds is 8. The average molecular weight is 398 g/mol. The molecule has 1 N–H and O–H groups in total. The van der Waals surface area contributed by atoms with E-state index in [2.05, 4.69) is 110 Å². The van der Waals surface area contributed by atoms with Gasteiger partial charge in [-0.25, -0.2) is 4.98 Å². The van der Waals surface area contributed by atoms with Crippen LogP contribution in [0.4, 0.5) is 0 Å². The molecular formula is C27H35BN2. The predicted molar refractivity (Wildman–Crippen MR) is 130 cm³/mol. The Balaban J connectivity index is 0.000000248. The van der Waals surface area contributed by atoms with Crippen molar-refractivity contribution < 1.29 is 0 Å². The largest absolute Gasteiger partial charge is 0.348 e. The topological polar surface area (TPSA) is 28.7 Å². The Kier molecular flexibility index (Phi) is 10.2. The average Bonchev–Trinajstić information content (AvgIpc) is 3.26. The first-order chi connectivity index (χ1) is 14.5. The van der Waals surface area contributed by atoms with Crippen molar-refractivity contribution >= 4 is 7.85 Å². The summed E-state index contributed by atoms with van der Waals surface area (Å²) < 4.78 is 0. The molecule has 3 rings (SSSR count). The van der Waals surface area contributed by atoms with Crippen LogP contribution in [-0.4, -0.2) is 17.8 Å². The Bertz CT molecular complexity index is 789. The quantitative estimate of drug-likeness (QED) is 0.311. The van der Waals surface area contributed by atoms with Crippen molar-refractivity contribution in [1.29, 1.82) is 0 Å². The van der Waals surface area contributed by atoms with Gasteiger partial charge >= 0.3 is 0 Å². The van der Waals surface area contributed by atoms with E-state index in [0.29, 0.717) is 17.8 Å².